The number of amides is 1. The van der Waals surface area contributed by atoms with E-state index in [1.807, 2.05) is 29.2 Å². The second-order valence-corrected chi connectivity index (χ2v) is 6.31. The molecule has 1 aromatic rings. The number of rotatable bonds is 6. The van der Waals surface area contributed by atoms with Gasteiger partial charge < -0.3 is 10.6 Å². The Morgan fingerprint density at radius 1 is 1.47 bits per heavy atom. The van der Waals surface area contributed by atoms with Crippen LogP contribution in [0.3, 0.4) is 0 Å². The maximum absolute atomic E-state index is 12.5. The minimum atomic E-state index is 0.0197. The lowest BCUT2D eigenvalue weighted by atomic mass is 10.1. The normalized spacial score (nSPS) is 10.5. The Kier molecular flexibility index (Phi) is 6.45. The quantitative estimate of drug-likeness (QED) is 0.807. The van der Waals surface area contributed by atoms with Crippen LogP contribution in [0.2, 0.25) is 0 Å². The van der Waals surface area contributed by atoms with Gasteiger partial charge in [0.1, 0.15) is 0 Å². The number of thiocarbonyl (C=S) groups is 1. The second-order valence-electron chi connectivity index (χ2n) is 4.87. The molecule has 0 saturated heterocycles. The van der Waals surface area contributed by atoms with Crippen molar-refractivity contribution in [3.05, 3.63) is 34.3 Å². The summed E-state index contributed by atoms with van der Waals surface area (Å²) in [5, 5.41) is 0. The summed E-state index contributed by atoms with van der Waals surface area (Å²) >= 11 is 8.26. The summed E-state index contributed by atoms with van der Waals surface area (Å²) in [7, 11) is 0. The number of halogens is 1. The average Bonchev–Trinajstić information content (AvgIpc) is 2.33. The lowest BCUT2D eigenvalue weighted by Gasteiger charge is -2.24. The predicted molar refractivity (Wildman–Crippen MR) is 86.3 cm³/mol. The SMILES string of the molecule is CC(C)CN(CCC(N)=S)C(=O)c1cccc(Br)c1. The van der Waals surface area contributed by atoms with Gasteiger partial charge in [0.25, 0.3) is 5.91 Å². The highest BCUT2D eigenvalue weighted by molar-refractivity contribution is 9.10. The van der Waals surface area contributed by atoms with Crippen LogP contribution in [-0.2, 0) is 0 Å². The first-order valence-corrected chi connectivity index (χ1v) is 7.43. The average molecular weight is 343 g/mol. The lowest BCUT2D eigenvalue weighted by molar-refractivity contribution is 0.0741. The van der Waals surface area contributed by atoms with Crippen LogP contribution >= 0.6 is 28.1 Å². The summed E-state index contributed by atoms with van der Waals surface area (Å²) in [6.45, 7) is 5.44. The van der Waals surface area contributed by atoms with Gasteiger partial charge in [-0.25, -0.2) is 0 Å². The first-order chi connectivity index (χ1) is 8.90. The van der Waals surface area contributed by atoms with Crippen LogP contribution in [0.1, 0.15) is 30.6 Å². The third-order valence-electron chi connectivity index (χ3n) is 2.57. The molecule has 0 heterocycles. The minimum absolute atomic E-state index is 0.0197. The van der Waals surface area contributed by atoms with Crippen LogP contribution in [0.5, 0.6) is 0 Å². The number of carbonyl (C=O) groups is 1. The third kappa shape index (κ3) is 5.70. The van der Waals surface area contributed by atoms with Crippen molar-refractivity contribution in [2.75, 3.05) is 13.1 Å². The molecule has 0 atom stereocenters. The van der Waals surface area contributed by atoms with Gasteiger partial charge in [-0.2, -0.15) is 0 Å². The van der Waals surface area contributed by atoms with Crippen LogP contribution < -0.4 is 5.73 Å². The van der Waals surface area contributed by atoms with E-state index in [9.17, 15) is 4.79 Å². The minimum Gasteiger partial charge on any atom is -0.393 e. The van der Waals surface area contributed by atoms with Crippen LogP contribution in [0.25, 0.3) is 0 Å². The Bertz CT molecular complexity index is 463. The number of nitrogens with two attached hydrogens (primary N) is 1. The van der Waals surface area contributed by atoms with E-state index < -0.39 is 0 Å². The van der Waals surface area contributed by atoms with Crippen LogP contribution in [0.15, 0.2) is 28.7 Å². The molecule has 0 spiro atoms. The monoisotopic (exact) mass is 342 g/mol. The van der Waals surface area contributed by atoms with Crippen molar-refractivity contribution < 1.29 is 4.79 Å². The Hall–Kier alpha value is -0.940. The van der Waals surface area contributed by atoms with Crippen molar-refractivity contribution in [1.82, 2.24) is 4.90 Å². The smallest absolute Gasteiger partial charge is 0.253 e. The molecule has 104 valence electrons. The van der Waals surface area contributed by atoms with E-state index in [-0.39, 0.29) is 5.91 Å². The molecule has 2 N–H and O–H groups in total. The molecular formula is C14H19BrN2OS. The zero-order chi connectivity index (χ0) is 14.4. The Morgan fingerprint density at radius 2 is 2.16 bits per heavy atom. The van der Waals surface area contributed by atoms with Gasteiger partial charge in [0.2, 0.25) is 0 Å². The van der Waals surface area contributed by atoms with Crippen molar-refractivity contribution in [1.29, 1.82) is 0 Å². The molecule has 0 aliphatic rings. The topological polar surface area (TPSA) is 46.3 Å². The van der Waals surface area contributed by atoms with Gasteiger partial charge in [0, 0.05) is 29.5 Å². The standard InChI is InChI=1S/C14H19BrN2OS/c1-10(2)9-17(7-6-13(16)19)14(18)11-4-3-5-12(15)8-11/h3-5,8,10H,6-7,9H2,1-2H3,(H2,16,19). The van der Waals surface area contributed by atoms with E-state index in [0.29, 0.717) is 36.0 Å². The number of hydrogen-bond donors (Lipinski definition) is 1. The van der Waals surface area contributed by atoms with Crippen molar-refractivity contribution in [3.8, 4) is 0 Å². The molecule has 0 radical (unpaired) electrons. The van der Waals surface area contributed by atoms with E-state index in [1.165, 1.54) is 0 Å². The van der Waals surface area contributed by atoms with E-state index >= 15 is 0 Å². The third-order valence-corrected chi connectivity index (χ3v) is 3.27. The Morgan fingerprint density at radius 3 is 2.68 bits per heavy atom. The molecule has 1 rings (SSSR count). The van der Waals surface area contributed by atoms with Gasteiger partial charge in [-0.15, -0.1) is 0 Å². The molecule has 1 amide bonds. The molecule has 0 bridgehead atoms. The number of hydrogen-bond acceptors (Lipinski definition) is 2. The van der Waals surface area contributed by atoms with Crippen molar-refractivity contribution >= 4 is 39.0 Å². The molecule has 0 aliphatic carbocycles. The van der Waals surface area contributed by atoms with Gasteiger partial charge in [-0.05, 0) is 24.1 Å². The Balaban J connectivity index is 2.83. The van der Waals surface area contributed by atoms with E-state index in [2.05, 4.69) is 29.8 Å². The molecule has 3 nitrogen and oxygen atoms in total. The molecule has 0 aliphatic heterocycles. The van der Waals surface area contributed by atoms with Gasteiger partial charge in [0.05, 0.1) is 4.99 Å². The van der Waals surface area contributed by atoms with E-state index in [0.717, 1.165) is 4.47 Å². The van der Waals surface area contributed by atoms with Crippen molar-refractivity contribution in [3.63, 3.8) is 0 Å². The van der Waals surface area contributed by atoms with Crippen LogP contribution in [0, 0.1) is 5.92 Å². The largest absolute Gasteiger partial charge is 0.393 e. The first-order valence-electron chi connectivity index (χ1n) is 6.23. The summed E-state index contributed by atoms with van der Waals surface area (Å²) < 4.78 is 0.900. The molecular weight excluding hydrogens is 324 g/mol. The zero-order valence-electron chi connectivity index (χ0n) is 11.2. The van der Waals surface area contributed by atoms with Gasteiger partial charge in [-0.3, -0.25) is 4.79 Å². The highest BCUT2D eigenvalue weighted by atomic mass is 79.9. The van der Waals surface area contributed by atoms with Gasteiger partial charge in [-0.1, -0.05) is 48.1 Å². The fourth-order valence-corrected chi connectivity index (χ4v) is 2.26. The van der Waals surface area contributed by atoms with E-state index in [1.54, 1.807) is 0 Å². The number of nitrogens with zero attached hydrogens (tertiary/aromatic N) is 1. The fourth-order valence-electron chi connectivity index (χ4n) is 1.77. The second kappa shape index (κ2) is 7.60. The maximum atomic E-state index is 12.5. The number of benzene rings is 1. The summed E-state index contributed by atoms with van der Waals surface area (Å²) in [5.74, 6) is 0.425. The highest BCUT2D eigenvalue weighted by Gasteiger charge is 2.17. The fraction of sp³-hybridized carbons (Fsp3) is 0.429. The molecule has 5 heteroatoms. The van der Waals surface area contributed by atoms with Crippen LogP contribution in [-0.4, -0.2) is 28.9 Å². The maximum Gasteiger partial charge on any atom is 0.253 e. The van der Waals surface area contributed by atoms with Gasteiger partial charge in [0.15, 0.2) is 0 Å². The zero-order valence-corrected chi connectivity index (χ0v) is 13.6. The number of carbonyl (C=O) groups excluding carboxylic acids is 1. The lowest BCUT2D eigenvalue weighted by Crippen LogP contribution is -2.36. The van der Waals surface area contributed by atoms with Crippen LogP contribution in [0.4, 0.5) is 0 Å². The van der Waals surface area contributed by atoms with Crippen molar-refractivity contribution in [2.24, 2.45) is 11.7 Å². The molecule has 0 saturated carbocycles. The molecule has 0 aromatic heterocycles. The molecule has 0 fully saturated rings. The first kappa shape index (κ1) is 16.1. The summed E-state index contributed by atoms with van der Waals surface area (Å²) in [6.07, 6.45) is 0.557. The van der Waals surface area contributed by atoms with Gasteiger partial charge >= 0.3 is 0 Å². The summed E-state index contributed by atoms with van der Waals surface area (Å²) in [5.41, 5.74) is 6.20. The molecule has 1 aromatic carbocycles. The summed E-state index contributed by atoms with van der Waals surface area (Å²) in [4.78, 5) is 14.7. The predicted octanol–water partition coefficient (Wildman–Crippen LogP) is 3.22. The van der Waals surface area contributed by atoms with Crippen molar-refractivity contribution in [2.45, 2.75) is 20.3 Å². The molecule has 0 unspecified atom stereocenters. The Labute approximate surface area is 128 Å². The van der Waals surface area contributed by atoms with E-state index in [4.69, 9.17) is 18.0 Å². The highest BCUT2D eigenvalue weighted by Crippen LogP contribution is 2.14. The summed E-state index contributed by atoms with van der Waals surface area (Å²) in [6, 6.07) is 7.41. The molecule has 19 heavy (non-hydrogen) atoms.